The molecule has 0 aromatic carbocycles. The highest BCUT2D eigenvalue weighted by Gasteiger charge is 2.34. The Morgan fingerprint density at radius 3 is 2.19 bits per heavy atom. The summed E-state index contributed by atoms with van der Waals surface area (Å²) in [7, 11) is 1.76. The van der Waals surface area contributed by atoms with E-state index in [1.807, 2.05) is 0 Å². The van der Waals surface area contributed by atoms with Crippen LogP contribution in [0.5, 0.6) is 0 Å². The fourth-order valence-corrected chi connectivity index (χ4v) is 2.72. The Morgan fingerprint density at radius 2 is 1.76 bits per heavy atom. The van der Waals surface area contributed by atoms with Gasteiger partial charge >= 0.3 is 0 Å². The van der Waals surface area contributed by atoms with Gasteiger partial charge in [0.25, 0.3) is 0 Å². The Morgan fingerprint density at radius 1 is 1.19 bits per heavy atom. The van der Waals surface area contributed by atoms with Gasteiger partial charge in [0.2, 0.25) is 0 Å². The number of rotatable bonds is 6. The average molecular weight is 291 g/mol. The lowest BCUT2D eigenvalue weighted by molar-refractivity contribution is 0.0768. The molecule has 0 saturated heterocycles. The zero-order valence-corrected chi connectivity index (χ0v) is 14.3. The Labute approximate surface area is 128 Å². The van der Waals surface area contributed by atoms with Gasteiger partial charge in [0.1, 0.15) is 6.10 Å². The molecule has 21 heavy (non-hydrogen) atoms. The van der Waals surface area contributed by atoms with Crippen LogP contribution in [-0.4, -0.2) is 29.2 Å². The van der Waals surface area contributed by atoms with Gasteiger partial charge in [-0.3, -0.25) is 0 Å². The maximum absolute atomic E-state index is 5.60. The molecule has 1 heterocycles. The van der Waals surface area contributed by atoms with E-state index >= 15 is 0 Å². The minimum absolute atomic E-state index is 0.0733. The molecule has 0 radical (unpaired) electrons. The molecule has 1 atom stereocenters. The topological polar surface area (TPSA) is 47.0 Å². The summed E-state index contributed by atoms with van der Waals surface area (Å²) < 4.78 is 5.60. The van der Waals surface area contributed by atoms with Crippen LogP contribution in [-0.2, 0) is 11.2 Å². The van der Waals surface area contributed by atoms with Gasteiger partial charge in [0.05, 0.1) is 0 Å². The summed E-state index contributed by atoms with van der Waals surface area (Å²) in [6, 6.07) is 0. The van der Waals surface area contributed by atoms with Crippen molar-refractivity contribution in [2.24, 2.45) is 5.92 Å². The van der Waals surface area contributed by atoms with Crippen molar-refractivity contribution < 1.29 is 4.74 Å². The molecule has 1 unspecified atom stereocenters. The second-order valence-corrected chi connectivity index (χ2v) is 7.15. The molecule has 2 rings (SSSR count). The van der Waals surface area contributed by atoms with Gasteiger partial charge < -0.3 is 10.1 Å². The van der Waals surface area contributed by atoms with Crippen LogP contribution in [0.1, 0.15) is 62.5 Å². The number of ether oxygens (including phenoxy) is 1. The predicted octanol–water partition coefficient (Wildman–Crippen LogP) is 3.12. The highest BCUT2D eigenvalue weighted by atomic mass is 16.5. The minimum Gasteiger partial charge on any atom is -0.373 e. The molecular weight excluding hydrogens is 262 g/mol. The van der Waals surface area contributed by atoms with Gasteiger partial charge in [-0.05, 0) is 71.9 Å². The molecule has 1 aliphatic rings. The summed E-state index contributed by atoms with van der Waals surface area (Å²) >= 11 is 0. The first-order chi connectivity index (χ1) is 9.81. The first-order valence-corrected chi connectivity index (χ1v) is 7.93. The van der Waals surface area contributed by atoms with E-state index in [2.05, 4.69) is 39.9 Å². The van der Waals surface area contributed by atoms with E-state index < -0.39 is 0 Å². The van der Waals surface area contributed by atoms with E-state index in [9.17, 15) is 0 Å². The molecule has 0 spiro atoms. The third kappa shape index (κ3) is 4.48. The number of nitrogens with zero attached hydrogens (tertiary/aromatic N) is 2. The monoisotopic (exact) mass is 291 g/mol. The normalized spacial score (nSPS) is 17.0. The Balaban J connectivity index is 2.09. The quantitative estimate of drug-likeness (QED) is 0.875. The van der Waals surface area contributed by atoms with Crippen molar-refractivity contribution in [1.29, 1.82) is 0 Å². The lowest BCUT2D eigenvalue weighted by atomic mass is 10.1. The second-order valence-electron chi connectivity index (χ2n) is 7.15. The number of nitrogens with one attached hydrogen (secondary N) is 1. The van der Waals surface area contributed by atoms with Crippen LogP contribution in [0.4, 0.5) is 0 Å². The number of methoxy groups -OCH3 is 1. The summed E-state index contributed by atoms with van der Waals surface area (Å²) in [6.07, 6.45) is 3.51. The van der Waals surface area contributed by atoms with Gasteiger partial charge in [0, 0.05) is 24.0 Å². The highest BCUT2D eigenvalue weighted by molar-refractivity contribution is 5.25. The molecule has 1 N–H and O–H groups in total. The van der Waals surface area contributed by atoms with Crippen LogP contribution < -0.4 is 5.32 Å². The Kier molecular flexibility index (Phi) is 4.99. The summed E-state index contributed by atoms with van der Waals surface area (Å²) in [6.45, 7) is 11.7. The van der Waals surface area contributed by atoms with Gasteiger partial charge in [-0.25, -0.2) is 9.97 Å². The van der Waals surface area contributed by atoms with Crippen molar-refractivity contribution in [3.63, 3.8) is 0 Å². The minimum atomic E-state index is 0.0733. The molecule has 1 aliphatic carbocycles. The van der Waals surface area contributed by atoms with Gasteiger partial charge in [0.15, 0.2) is 5.82 Å². The first-order valence-electron chi connectivity index (χ1n) is 7.93. The number of aromatic nitrogens is 2. The largest absolute Gasteiger partial charge is 0.373 e. The van der Waals surface area contributed by atoms with Crippen molar-refractivity contribution in [1.82, 2.24) is 15.3 Å². The lowest BCUT2D eigenvalue weighted by Gasteiger charge is -2.21. The smallest absolute Gasteiger partial charge is 0.157 e. The Bertz CT molecular complexity index is 466. The second kappa shape index (κ2) is 6.41. The van der Waals surface area contributed by atoms with E-state index in [0.29, 0.717) is 5.92 Å². The van der Waals surface area contributed by atoms with Crippen molar-refractivity contribution in [3.05, 3.63) is 22.8 Å². The third-order valence-electron chi connectivity index (χ3n) is 4.03. The summed E-state index contributed by atoms with van der Waals surface area (Å²) in [5.41, 5.74) is 3.60. The van der Waals surface area contributed by atoms with E-state index in [-0.39, 0.29) is 11.6 Å². The van der Waals surface area contributed by atoms with Crippen LogP contribution in [0.2, 0.25) is 0 Å². The van der Waals surface area contributed by atoms with Crippen LogP contribution in [0.25, 0.3) is 0 Å². The van der Waals surface area contributed by atoms with Gasteiger partial charge in [-0.1, -0.05) is 0 Å². The van der Waals surface area contributed by atoms with Crippen molar-refractivity contribution >= 4 is 0 Å². The van der Waals surface area contributed by atoms with Crippen LogP contribution in [0, 0.1) is 19.8 Å². The van der Waals surface area contributed by atoms with Crippen molar-refractivity contribution in [3.8, 4) is 0 Å². The molecule has 0 bridgehead atoms. The first kappa shape index (κ1) is 16.4. The summed E-state index contributed by atoms with van der Waals surface area (Å²) in [4.78, 5) is 9.44. The zero-order chi connectivity index (χ0) is 15.6. The fourth-order valence-electron chi connectivity index (χ4n) is 2.72. The zero-order valence-electron chi connectivity index (χ0n) is 14.3. The van der Waals surface area contributed by atoms with Gasteiger partial charge in [-0.15, -0.1) is 0 Å². The van der Waals surface area contributed by atoms with E-state index in [4.69, 9.17) is 14.7 Å². The molecule has 0 aliphatic heterocycles. The molecule has 1 aromatic rings. The van der Waals surface area contributed by atoms with E-state index in [1.165, 1.54) is 18.4 Å². The molecule has 118 valence electrons. The van der Waals surface area contributed by atoms with Crippen LogP contribution in [0.3, 0.4) is 0 Å². The maximum atomic E-state index is 5.60. The maximum Gasteiger partial charge on any atom is 0.157 e. The SMILES string of the molecule is COC(c1nc(C)c(CCNC(C)(C)C)c(C)n1)C1CC1. The number of aryl methyl sites for hydroxylation is 2. The van der Waals surface area contributed by atoms with E-state index in [0.717, 1.165) is 30.2 Å². The molecule has 4 nitrogen and oxygen atoms in total. The highest BCUT2D eigenvalue weighted by Crippen LogP contribution is 2.42. The third-order valence-corrected chi connectivity index (χ3v) is 4.03. The van der Waals surface area contributed by atoms with Gasteiger partial charge in [-0.2, -0.15) is 0 Å². The van der Waals surface area contributed by atoms with Crippen LogP contribution in [0.15, 0.2) is 0 Å². The molecule has 1 fully saturated rings. The molecule has 4 heteroatoms. The number of hydrogen-bond donors (Lipinski definition) is 1. The lowest BCUT2D eigenvalue weighted by Crippen LogP contribution is -2.37. The Hall–Kier alpha value is -1.00. The van der Waals surface area contributed by atoms with Crippen molar-refractivity contribution in [2.75, 3.05) is 13.7 Å². The molecule has 0 amide bonds. The fraction of sp³-hybridized carbons (Fsp3) is 0.765. The number of hydrogen-bond acceptors (Lipinski definition) is 4. The predicted molar refractivity (Wildman–Crippen MR) is 85.4 cm³/mol. The van der Waals surface area contributed by atoms with Crippen molar-refractivity contribution in [2.45, 2.75) is 65.5 Å². The molecule has 1 saturated carbocycles. The molecule has 1 aromatic heterocycles. The van der Waals surface area contributed by atoms with Crippen LogP contribution >= 0.6 is 0 Å². The summed E-state index contributed by atoms with van der Waals surface area (Å²) in [5.74, 6) is 1.48. The summed E-state index contributed by atoms with van der Waals surface area (Å²) in [5, 5.41) is 3.52. The molecular formula is C17H29N3O. The van der Waals surface area contributed by atoms with E-state index in [1.54, 1.807) is 7.11 Å². The average Bonchev–Trinajstić information content (AvgIpc) is 3.17. The standard InChI is InChI=1S/C17H29N3O/c1-11-14(9-10-18-17(3,4)5)12(2)20-16(19-11)15(21-6)13-7-8-13/h13,15,18H,7-10H2,1-6H3.